The van der Waals surface area contributed by atoms with Crippen LogP contribution in [-0.2, 0) is 17.8 Å². The van der Waals surface area contributed by atoms with Gasteiger partial charge < -0.3 is 15.2 Å². The van der Waals surface area contributed by atoms with Crippen molar-refractivity contribution in [2.45, 2.75) is 25.2 Å². The summed E-state index contributed by atoms with van der Waals surface area (Å²) in [5.74, 6) is 0. The summed E-state index contributed by atoms with van der Waals surface area (Å²) in [6, 6.07) is 16.1. The highest BCUT2D eigenvalue weighted by molar-refractivity contribution is 5.57. The summed E-state index contributed by atoms with van der Waals surface area (Å²) in [5, 5.41) is 14.1. The highest BCUT2D eigenvalue weighted by Crippen LogP contribution is 2.32. The Morgan fingerprint density at radius 3 is 2.75 bits per heavy atom. The van der Waals surface area contributed by atoms with Crippen LogP contribution >= 0.6 is 0 Å². The van der Waals surface area contributed by atoms with E-state index >= 15 is 0 Å². The lowest BCUT2D eigenvalue weighted by Crippen LogP contribution is -2.25. The first kappa shape index (κ1) is 13.2. The second-order valence-corrected chi connectivity index (χ2v) is 5.19. The van der Waals surface area contributed by atoms with Crippen molar-refractivity contribution in [1.29, 1.82) is 0 Å². The van der Waals surface area contributed by atoms with Crippen LogP contribution < -0.4 is 5.32 Å². The predicted molar refractivity (Wildman–Crippen MR) is 79.7 cm³/mol. The Morgan fingerprint density at radius 1 is 1.20 bits per heavy atom. The lowest BCUT2D eigenvalue weighted by molar-refractivity contribution is 0.146. The molecule has 3 heteroatoms. The number of para-hydroxylation sites is 1. The van der Waals surface area contributed by atoms with E-state index in [-0.39, 0.29) is 6.04 Å². The molecule has 0 radical (unpaired) electrons. The van der Waals surface area contributed by atoms with Crippen LogP contribution in [0.4, 0.5) is 5.69 Å². The van der Waals surface area contributed by atoms with Crippen molar-refractivity contribution in [3.63, 3.8) is 0 Å². The minimum Gasteiger partial charge on any atom is -0.386 e. The second kappa shape index (κ2) is 5.65. The van der Waals surface area contributed by atoms with E-state index in [1.807, 2.05) is 36.4 Å². The van der Waals surface area contributed by atoms with Crippen LogP contribution in [0.15, 0.2) is 48.5 Å². The first-order valence-electron chi connectivity index (χ1n) is 6.89. The molecule has 2 atom stereocenters. The van der Waals surface area contributed by atoms with Crippen molar-refractivity contribution in [3.05, 3.63) is 65.2 Å². The van der Waals surface area contributed by atoms with E-state index in [2.05, 4.69) is 17.4 Å². The Kier molecular flexibility index (Phi) is 3.72. The number of hydrogen-bond acceptors (Lipinski definition) is 3. The molecule has 2 aromatic rings. The zero-order chi connectivity index (χ0) is 13.9. The van der Waals surface area contributed by atoms with Crippen LogP contribution in [0, 0.1) is 0 Å². The van der Waals surface area contributed by atoms with Gasteiger partial charge >= 0.3 is 0 Å². The number of rotatable bonds is 4. The van der Waals surface area contributed by atoms with Gasteiger partial charge in [0.25, 0.3) is 0 Å². The smallest absolute Gasteiger partial charge is 0.0997 e. The Hall–Kier alpha value is -1.84. The molecular formula is C17H19NO2. The molecule has 0 aromatic heterocycles. The Balaban J connectivity index is 1.83. The monoisotopic (exact) mass is 269 g/mol. The molecule has 1 aliphatic heterocycles. The van der Waals surface area contributed by atoms with Crippen molar-refractivity contribution in [1.82, 2.24) is 0 Å². The van der Waals surface area contributed by atoms with Crippen LogP contribution in [0.25, 0.3) is 0 Å². The highest BCUT2D eigenvalue weighted by Gasteiger charge is 2.28. The summed E-state index contributed by atoms with van der Waals surface area (Å²) in [4.78, 5) is 0. The molecule has 2 aromatic carbocycles. The van der Waals surface area contributed by atoms with E-state index in [0.717, 1.165) is 23.2 Å². The average molecular weight is 269 g/mol. The lowest BCUT2D eigenvalue weighted by atomic mass is 9.95. The molecule has 0 amide bonds. The number of methoxy groups -OCH3 is 1. The summed E-state index contributed by atoms with van der Waals surface area (Å²) in [5.41, 5.74) is 4.38. The van der Waals surface area contributed by atoms with E-state index in [4.69, 9.17) is 4.74 Å². The minimum absolute atomic E-state index is 0.0189. The number of benzene rings is 2. The molecular weight excluding hydrogens is 250 g/mol. The number of ether oxygens (including phenoxy) is 1. The van der Waals surface area contributed by atoms with Gasteiger partial charge in [-0.05, 0) is 29.2 Å². The van der Waals surface area contributed by atoms with Crippen LogP contribution in [0.3, 0.4) is 0 Å². The van der Waals surface area contributed by atoms with Gasteiger partial charge in [-0.25, -0.2) is 0 Å². The molecule has 2 N–H and O–H groups in total. The molecule has 0 fully saturated rings. The quantitative estimate of drug-likeness (QED) is 0.896. The molecule has 0 aliphatic carbocycles. The Labute approximate surface area is 119 Å². The first-order chi connectivity index (χ1) is 9.79. The molecule has 3 nitrogen and oxygen atoms in total. The second-order valence-electron chi connectivity index (χ2n) is 5.19. The molecule has 0 saturated carbocycles. The molecule has 1 aliphatic rings. The zero-order valence-corrected chi connectivity index (χ0v) is 11.5. The fraction of sp³-hybridized carbons (Fsp3) is 0.294. The van der Waals surface area contributed by atoms with Gasteiger partial charge in [0.1, 0.15) is 0 Å². The first-order valence-corrected chi connectivity index (χ1v) is 6.89. The predicted octanol–water partition coefficient (Wildman–Crippen LogP) is 2.90. The largest absolute Gasteiger partial charge is 0.386 e. The third-order valence-corrected chi connectivity index (χ3v) is 3.85. The number of anilines is 1. The van der Waals surface area contributed by atoms with E-state index in [1.54, 1.807) is 7.11 Å². The van der Waals surface area contributed by atoms with Crippen molar-refractivity contribution in [2.75, 3.05) is 12.4 Å². The van der Waals surface area contributed by atoms with Gasteiger partial charge in [0, 0.05) is 12.8 Å². The standard InChI is InChI=1S/C17H19NO2/c1-20-11-13-7-2-4-8-14(13)17(19)16-10-12-6-3-5-9-15(12)18-16/h2-9,16-19H,10-11H2,1H3. The minimum atomic E-state index is -0.534. The molecule has 1 heterocycles. The summed E-state index contributed by atoms with van der Waals surface area (Å²) in [7, 11) is 1.67. The SMILES string of the molecule is COCc1ccccc1C(O)C1Cc2ccccc2N1. The topological polar surface area (TPSA) is 41.5 Å². The van der Waals surface area contributed by atoms with E-state index in [9.17, 15) is 5.11 Å². The van der Waals surface area contributed by atoms with Gasteiger partial charge in [0.2, 0.25) is 0 Å². The fourth-order valence-electron chi connectivity index (χ4n) is 2.84. The van der Waals surface area contributed by atoms with Crippen LogP contribution in [0.1, 0.15) is 22.8 Å². The normalized spacial score (nSPS) is 18.4. The summed E-state index contributed by atoms with van der Waals surface area (Å²) >= 11 is 0. The fourth-order valence-corrected chi connectivity index (χ4v) is 2.84. The number of nitrogens with one attached hydrogen (secondary N) is 1. The third kappa shape index (κ3) is 2.42. The molecule has 20 heavy (non-hydrogen) atoms. The molecule has 0 saturated heterocycles. The molecule has 0 spiro atoms. The van der Waals surface area contributed by atoms with Gasteiger partial charge in [0.05, 0.1) is 18.8 Å². The van der Waals surface area contributed by atoms with Gasteiger partial charge in [0.15, 0.2) is 0 Å². The van der Waals surface area contributed by atoms with Crippen LogP contribution in [-0.4, -0.2) is 18.3 Å². The van der Waals surface area contributed by atoms with Crippen LogP contribution in [0.2, 0.25) is 0 Å². The summed E-state index contributed by atoms with van der Waals surface area (Å²) in [6.07, 6.45) is 0.312. The van der Waals surface area contributed by atoms with E-state index in [0.29, 0.717) is 6.61 Å². The summed E-state index contributed by atoms with van der Waals surface area (Å²) in [6.45, 7) is 0.521. The Morgan fingerprint density at radius 2 is 1.95 bits per heavy atom. The lowest BCUT2D eigenvalue weighted by Gasteiger charge is -2.21. The average Bonchev–Trinajstić information content (AvgIpc) is 2.91. The molecule has 2 unspecified atom stereocenters. The van der Waals surface area contributed by atoms with Gasteiger partial charge in [-0.1, -0.05) is 42.5 Å². The Bertz CT molecular complexity index is 572. The number of aliphatic hydroxyl groups is 1. The zero-order valence-electron chi connectivity index (χ0n) is 11.5. The van der Waals surface area contributed by atoms with Crippen molar-refractivity contribution in [2.24, 2.45) is 0 Å². The van der Waals surface area contributed by atoms with Crippen LogP contribution in [0.5, 0.6) is 0 Å². The summed E-state index contributed by atoms with van der Waals surface area (Å²) < 4.78 is 5.21. The molecule has 3 rings (SSSR count). The van der Waals surface area contributed by atoms with E-state index in [1.165, 1.54) is 5.56 Å². The number of fused-ring (bicyclic) bond motifs is 1. The maximum Gasteiger partial charge on any atom is 0.0997 e. The van der Waals surface area contributed by atoms with Gasteiger partial charge in [-0.15, -0.1) is 0 Å². The highest BCUT2D eigenvalue weighted by atomic mass is 16.5. The third-order valence-electron chi connectivity index (χ3n) is 3.85. The number of hydrogen-bond donors (Lipinski definition) is 2. The maximum atomic E-state index is 10.7. The van der Waals surface area contributed by atoms with Gasteiger partial charge in [-0.3, -0.25) is 0 Å². The number of aliphatic hydroxyl groups excluding tert-OH is 1. The molecule has 0 bridgehead atoms. The van der Waals surface area contributed by atoms with Crippen molar-refractivity contribution in [3.8, 4) is 0 Å². The van der Waals surface area contributed by atoms with Gasteiger partial charge in [-0.2, -0.15) is 0 Å². The van der Waals surface area contributed by atoms with Crippen molar-refractivity contribution >= 4 is 5.69 Å². The van der Waals surface area contributed by atoms with Crippen molar-refractivity contribution < 1.29 is 9.84 Å². The van der Waals surface area contributed by atoms with E-state index < -0.39 is 6.10 Å². The molecule has 104 valence electrons. The maximum absolute atomic E-state index is 10.7.